The molecule has 1 aliphatic carbocycles. The van der Waals surface area contributed by atoms with Crippen molar-refractivity contribution >= 4 is 21.6 Å². The fourth-order valence-corrected chi connectivity index (χ4v) is 3.21. The third kappa shape index (κ3) is 4.28. The Bertz CT molecular complexity index is 652. The highest BCUT2D eigenvalue weighted by atomic mass is 32.2. The van der Waals surface area contributed by atoms with Gasteiger partial charge in [0.05, 0.1) is 11.4 Å². The first-order valence-corrected chi connectivity index (χ1v) is 8.78. The lowest BCUT2D eigenvalue weighted by molar-refractivity contribution is -0.115. The molecule has 2 N–H and O–H groups in total. The fourth-order valence-electron chi connectivity index (χ4n) is 2.07. The van der Waals surface area contributed by atoms with Crippen molar-refractivity contribution < 1.29 is 13.2 Å². The van der Waals surface area contributed by atoms with Gasteiger partial charge in [0.25, 0.3) is 0 Å². The average Bonchev–Trinajstić information content (AvgIpc) is 3.24. The van der Waals surface area contributed by atoms with Gasteiger partial charge in [0.15, 0.2) is 0 Å². The van der Waals surface area contributed by atoms with Crippen molar-refractivity contribution in [1.82, 2.24) is 9.62 Å². The lowest BCUT2D eigenvalue weighted by Gasteiger charge is -2.15. The molecule has 2 rings (SSSR count). The Labute approximate surface area is 131 Å². The SMILES string of the molecule is Cc1ccc(NC(=O)CNCC2CC2)cc1S(=O)(=O)N(C)C. The zero-order valence-corrected chi connectivity index (χ0v) is 14.0. The fraction of sp³-hybridized carbons (Fsp3) is 0.533. The van der Waals surface area contributed by atoms with Crippen molar-refractivity contribution in [3.8, 4) is 0 Å². The van der Waals surface area contributed by atoms with E-state index < -0.39 is 10.0 Å². The molecule has 0 saturated heterocycles. The van der Waals surface area contributed by atoms with Crippen molar-refractivity contribution in [2.45, 2.75) is 24.7 Å². The average molecular weight is 325 g/mol. The number of amides is 1. The molecule has 6 nitrogen and oxygen atoms in total. The van der Waals surface area contributed by atoms with Crippen LogP contribution >= 0.6 is 0 Å². The molecule has 7 heteroatoms. The van der Waals surface area contributed by atoms with Gasteiger partial charge in [0.2, 0.25) is 15.9 Å². The first-order valence-electron chi connectivity index (χ1n) is 7.34. The molecule has 0 bridgehead atoms. The van der Waals surface area contributed by atoms with Crippen molar-refractivity contribution in [3.63, 3.8) is 0 Å². The van der Waals surface area contributed by atoms with E-state index in [0.717, 1.165) is 10.8 Å². The van der Waals surface area contributed by atoms with Gasteiger partial charge in [-0.25, -0.2) is 12.7 Å². The van der Waals surface area contributed by atoms with Crippen LogP contribution in [0, 0.1) is 12.8 Å². The number of benzene rings is 1. The zero-order valence-electron chi connectivity index (χ0n) is 13.2. The minimum Gasteiger partial charge on any atom is -0.325 e. The van der Waals surface area contributed by atoms with Crippen molar-refractivity contribution in [1.29, 1.82) is 0 Å². The van der Waals surface area contributed by atoms with E-state index in [1.54, 1.807) is 19.1 Å². The topological polar surface area (TPSA) is 78.5 Å². The molecule has 1 aromatic rings. The standard InChI is InChI=1S/C15H23N3O3S/c1-11-4-7-13(8-14(11)22(20,21)18(2)3)17-15(19)10-16-9-12-5-6-12/h4,7-8,12,16H,5-6,9-10H2,1-3H3,(H,17,19). The first kappa shape index (κ1) is 16.9. The number of hydrogen-bond donors (Lipinski definition) is 2. The summed E-state index contributed by atoms with van der Waals surface area (Å²) >= 11 is 0. The number of nitrogens with zero attached hydrogens (tertiary/aromatic N) is 1. The molecule has 122 valence electrons. The zero-order chi connectivity index (χ0) is 16.3. The summed E-state index contributed by atoms with van der Waals surface area (Å²) in [6.45, 7) is 2.83. The second-order valence-electron chi connectivity index (χ2n) is 5.89. The maximum Gasteiger partial charge on any atom is 0.242 e. The van der Waals surface area contributed by atoms with Crippen LogP contribution in [0.3, 0.4) is 0 Å². The minimum absolute atomic E-state index is 0.169. The molecule has 1 aromatic carbocycles. The van der Waals surface area contributed by atoms with E-state index in [2.05, 4.69) is 10.6 Å². The van der Waals surface area contributed by atoms with Gasteiger partial charge in [-0.05, 0) is 49.9 Å². The molecule has 0 atom stereocenters. The van der Waals surface area contributed by atoms with Crippen LogP contribution in [0.25, 0.3) is 0 Å². The Balaban J connectivity index is 2.03. The molecule has 0 radical (unpaired) electrons. The monoisotopic (exact) mass is 325 g/mol. The van der Waals surface area contributed by atoms with Crippen LogP contribution in [0.4, 0.5) is 5.69 Å². The van der Waals surface area contributed by atoms with Gasteiger partial charge >= 0.3 is 0 Å². The summed E-state index contributed by atoms with van der Waals surface area (Å²) in [5, 5.41) is 5.83. The molecule has 1 aliphatic rings. The van der Waals surface area contributed by atoms with Crippen LogP contribution in [0.1, 0.15) is 18.4 Å². The minimum atomic E-state index is -3.52. The smallest absolute Gasteiger partial charge is 0.242 e. The number of carbonyl (C=O) groups excluding carboxylic acids is 1. The maximum absolute atomic E-state index is 12.2. The summed E-state index contributed by atoms with van der Waals surface area (Å²) in [6.07, 6.45) is 2.47. The number of hydrogen-bond acceptors (Lipinski definition) is 4. The molecule has 0 heterocycles. The summed E-state index contributed by atoms with van der Waals surface area (Å²) in [5.74, 6) is 0.543. The van der Waals surface area contributed by atoms with Crippen molar-refractivity contribution in [2.75, 3.05) is 32.5 Å². The number of aryl methyl sites for hydroxylation is 1. The maximum atomic E-state index is 12.2. The van der Waals surface area contributed by atoms with E-state index in [9.17, 15) is 13.2 Å². The Kier molecular flexibility index (Phi) is 5.20. The van der Waals surface area contributed by atoms with Crippen LogP contribution in [-0.2, 0) is 14.8 Å². The third-order valence-electron chi connectivity index (χ3n) is 3.65. The van der Waals surface area contributed by atoms with Crippen LogP contribution in [0.5, 0.6) is 0 Å². The molecular formula is C15H23N3O3S. The predicted octanol–water partition coefficient (Wildman–Crippen LogP) is 1.18. The molecule has 0 aliphatic heterocycles. The largest absolute Gasteiger partial charge is 0.325 e. The Morgan fingerprint density at radius 3 is 2.59 bits per heavy atom. The van der Waals surface area contributed by atoms with Crippen LogP contribution in [-0.4, -0.2) is 45.8 Å². The summed E-state index contributed by atoms with van der Waals surface area (Å²) in [5.41, 5.74) is 1.14. The van der Waals surface area contributed by atoms with E-state index in [0.29, 0.717) is 17.2 Å². The quantitative estimate of drug-likeness (QED) is 0.789. The second-order valence-corrected chi connectivity index (χ2v) is 8.01. The van der Waals surface area contributed by atoms with Crippen LogP contribution in [0.2, 0.25) is 0 Å². The first-order chi connectivity index (χ1) is 10.3. The normalized spacial score (nSPS) is 15.1. The Morgan fingerprint density at radius 2 is 2.00 bits per heavy atom. The van der Waals surface area contributed by atoms with Gasteiger partial charge in [0.1, 0.15) is 0 Å². The van der Waals surface area contributed by atoms with Gasteiger partial charge in [0, 0.05) is 19.8 Å². The highest BCUT2D eigenvalue weighted by molar-refractivity contribution is 7.89. The molecule has 0 unspecified atom stereocenters. The molecule has 22 heavy (non-hydrogen) atoms. The summed E-state index contributed by atoms with van der Waals surface area (Å²) in [6, 6.07) is 4.91. The molecule has 1 saturated carbocycles. The second kappa shape index (κ2) is 6.76. The molecular weight excluding hydrogens is 302 g/mol. The summed E-state index contributed by atoms with van der Waals surface area (Å²) in [7, 11) is -0.544. The predicted molar refractivity (Wildman–Crippen MR) is 86.3 cm³/mol. The van der Waals surface area contributed by atoms with Gasteiger partial charge in [-0.2, -0.15) is 0 Å². The number of nitrogens with one attached hydrogen (secondary N) is 2. The lowest BCUT2D eigenvalue weighted by atomic mass is 10.2. The molecule has 0 aromatic heterocycles. The Morgan fingerprint density at radius 1 is 1.32 bits per heavy atom. The van der Waals surface area contributed by atoms with Gasteiger partial charge < -0.3 is 10.6 Å². The molecule has 1 fully saturated rings. The van der Waals surface area contributed by atoms with Crippen molar-refractivity contribution in [2.24, 2.45) is 5.92 Å². The van der Waals surface area contributed by atoms with Crippen LogP contribution in [0.15, 0.2) is 23.1 Å². The summed E-state index contributed by atoms with van der Waals surface area (Å²) in [4.78, 5) is 12.1. The van der Waals surface area contributed by atoms with Gasteiger partial charge in [-0.15, -0.1) is 0 Å². The number of carbonyl (C=O) groups is 1. The Hall–Kier alpha value is -1.44. The van der Waals surface area contributed by atoms with Crippen molar-refractivity contribution in [3.05, 3.63) is 23.8 Å². The van der Waals surface area contributed by atoms with E-state index in [1.807, 2.05) is 0 Å². The van der Waals surface area contributed by atoms with Gasteiger partial charge in [-0.3, -0.25) is 4.79 Å². The number of rotatable bonds is 7. The highest BCUT2D eigenvalue weighted by Gasteiger charge is 2.21. The van der Waals surface area contributed by atoms with Crippen LogP contribution < -0.4 is 10.6 Å². The van der Waals surface area contributed by atoms with Gasteiger partial charge in [-0.1, -0.05) is 6.07 Å². The number of anilines is 1. The third-order valence-corrected chi connectivity index (χ3v) is 5.60. The number of sulfonamides is 1. The summed E-state index contributed by atoms with van der Waals surface area (Å²) < 4.78 is 25.7. The molecule has 1 amide bonds. The molecule has 0 spiro atoms. The highest BCUT2D eigenvalue weighted by Crippen LogP contribution is 2.27. The lowest BCUT2D eigenvalue weighted by Crippen LogP contribution is -2.29. The van der Waals surface area contributed by atoms with E-state index >= 15 is 0 Å². The van der Waals surface area contributed by atoms with E-state index in [4.69, 9.17) is 0 Å². The van der Waals surface area contributed by atoms with E-state index in [-0.39, 0.29) is 17.3 Å². The van der Waals surface area contributed by atoms with E-state index in [1.165, 1.54) is 33.0 Å².